The second-order valence-electron chi connectivity index (χ2n) is 4.29. The van der Waals surface area contributed by atoms with Gasteiger partial charge in [-0.15, -0.1) is 0 Å². The van der Waals surface area contributed by atoms with Gasteiger partial charge in [0.25, 0.3) is 10.1 Å². The van der Waals surface area contributed by atoms with Gasteiger partial charge in [-0.1, -0.05) is 11.1 Å². The summed E-state index contributed by atoms with van der Waals surface area (Å²) in [7, 11) is -4.53. The van der Waals surface area contributed by atoms with Crippen LogP contribution in [0.25, 0.3) is 0 Å². The highest BCUT2D eigenvalue weighted by molar-refractivity contribution is 7.89. The Hall–Kier alpha value is -0.730. The highest BCUT2D eigenvalue weighted by atomic mass is 32.2. The molecule has 0 saturated heterocycles. The van der Waals surface area contributed by atoms with E-state index in [2.05, 4.69) is 0 Å². The second kappa shape index (κ2) is 4.51. The minimum absolute atomic E-state index is 0.0574. The third kappa shape index (κ3) is 3.36. The van der Waals surface area contributed by atoms with Crippen molar-refractivity contribution in [1.29, 1.82) is 0 Å². The molecule has 0 atom stereocenters. The van der Waals surface area contributed by atoms with Gasteiger partial charge in [0.1, 0.15) is 0 Å². The summed E-state index contributed by atoms with van der Waals surface area (Å²) in [6.07, 6.45) is 0.260. The molecule has 98 valence electrons. The predicted molar refractivity (Wildman–Crippen MR) is 60.2 cm³/mol. The van der Waals surface area contributed by atoms with E-state index in [9.17, 15) is 8.42 Å². The molecule has 0 aromatic carbocycles. The molecule has 1 aliphatic carbocycles. The van der Waals surface area contributed by atoms with Crippen LogP contribution in [-0.4, -0.2) is 34.3 Å². The molecule has 7 heteroatoms. The minimum atomic E-state index is -4.53. The molecule has 1 rings (SSSR count). The standard InChI is InChI=1S/C10H16O6S/c1-6(2)7-3-4-9(17(14,15)16)8(5-7)10(11,12)13/h11-13H,3-5H2,1-2H3,(H,14,15,16). The summed E-state index contributed by atoms with van der Waals surface area (Å²) in [6.45, 7) is 3.61. The van der Waals surface area contributed by atoms with Crippen LogP contribution in [0.15, 0.2) is 21.6 Å². The molecule has 0 amide bonds. The van der Waals surface area contributed by atoms with E-state index in [1.807, 2.05) is 0 Å². The maximum atomic E-state index is 11.1. The van der Waals surface area contributed by atoms with E-state index in [4.69, 9.17) is 19.9 Å². The van der Waals surface area contributed by atoms with Crippen molar-refractivity contribution >= 4 is 10.1 Å². The summed E-state index contributed by atoms with van der Waals surface area (Å²) in [5.74, 6) is -3.23. The SMILES string of the molecule is CC(C)=C1CCC(S(=O)(=O)O)=C(C(O)(O)O)C1. The average molecular weight is 264 g/mol. The van der Waals surface area contributed by atoms with E-state index in [0.717, 1.165) is 11.1 Å². The van der Waals surface area contributed by atoms with Gasteiger partial charge in [-0.25, -0.2) is 0 Å². The Balaban J connectivity index is 3.36. The van der Waals surface area contributed by atoms with Gasteiger partial charge >= 0.3 is 5.97 Å². The molecule has 4 N–H and O–H groups in total. The van der Waals surface area contributed by atoms with Gasteiger partial charge in [0.2, 0.25) is 0 Å². The van der Waals surface area contributed by atoms with Gasteiger partial charge in [-0.3, -0.25) is 4.55 Å². The Morgan fingerprint density at radius 2 is 1.71 bits per heavy atom. The molecule has 0 unspecified atom stereocenters. The summed E-state index contributed by atoms with van der Waals surface area (Å²) in [6, 6.07) is 0. The first-order valence-corrected chi connectivity index (χ1v) is 6.50. The van der Waals surface area contributed by atoms with Crippen LogP contribution in [0.2, 0.25) is 0 Å². The molecule has 17 heavy (non-hydrogen) atoms. The summed E-state index contributed by atoms with van der Waals surface area (Å²) in [5.41, 5.74) is 1.25. The van der Waals surface area contributed by atoms with E-state index in [0.29, 0.717) is 6.42 Å². The molecule has 0 heterocycles. The fourth-order valence-electron chi connectivity index (χ4n) is 1.83. The van der Waals surface area contributed by atoms with Crippen molar-refractivity contribution in [2.24, 2.45) is 0 Å². The molecule has 0 bridgehead atoms. The van der Waals surface area contributed by atoms with E-state index < -0.39 is 26.6 Å². The molecule has 0 saturated carbocycles. The van der Waals surface area contributed by atoms with E-state index in [1.165, 1.54) is 0 Å². The lowest BCUT2D eigenvalue weighted by Crippen LogP contribution is -2.34. The van der Waals surface area contributed by atoms with Crippen LogP contribution in [-0.2, 0) is 10.1 Å². The Morgan fingerprint density at radius 1 is 1.18 bits per heavy atom. The lowest BCUT2D eigenvalue weighted by atomic mass is 9.90. The first-order chi connectivity index (χ1) is 7.53. The van der Waals surface area contributed by atoms with Gasteiger partial charge < -0.3 is 15.3 Å². The van der Waals surface area contributed by atoms with Crippen LogP contribution >= 0.6 is 0 Å². The van der Waals surface area contributed by atoms with Crippen molar-refractivity contribution in [3.8, 4) is 0 Å². The molecular formula is C10H16O6S. The zero-order valence-corrected chi connectivity index (χ0v) is 10.5. The third-order valence-corrected chi connectivity index (χ3v) is 3.88. The quantitative estimate of drug-likeness (QED) is 0.323. The number of aliphatic hydroxyl groups is 3. The van der Waals surface area contributed by atoms with Crippen molar-refractivity contribution in [2.75, 3.05) is 0 Å². The van der Waals surface area contributed by atoms with Crippen LogP contribution in [0.1, 0.15) is 33.1 Å². The Labute approximate surface area is 99.7 Å². The smallest absolute Gasteiger partial charge is 0.301 e. The summed E-state index contributed by atoms with van der Waals surface area (Å²) >= 11 is 0. The first-order valence-electron chi connectivity index (χ1n) is 5.06. The topological polar surface area (TPSA) is 115 Å². The van der Waals surface area contributed by atoms with Gasteiger partial charge in [-0.05, 0) is 33.1 Å². The maximum Gasteiger partial charge on any atom is 0.301 e. The monoisotopic (exact) mass is 264 g/mol. The van der Waals surface area contributed by atoms with Crippen molar-refractivity contribution in [3.05, 3.63) is 21.6 Å². The van der Waals surface area contributed by atoms with Gasteiger partial charge in [0.15, 0.2) is 0 Å². The van der Waals surface area contributed by atoms with Crippen LogP contribution < -0.4 is 0 Å². The number of hydrogen-bond acceptors (Lipinski definition) is 5. The first kappa shape index (κ1) is 14.3. The molecule has 0 aromatic heterocycles. The molecule has 6 nitrogen and oxygen atoms in total. The third-order valence-electron chi connectivity index (χ3n) is 2.80. The molecule has 0 fully saturated rings. The van der Waals surface area contributed by atoms with Crippen LogP contribution in [0.4, 0.5) is 0 Å². The van der Waals surface area contributed by atoms with Crippen molar-refractivity contribution in [3.63, 3.8) is 0 Å². The van der Waals surface area contributed by atoms with E-state index >= 15 is 0 Å². The number of hydrogen-bond donors (Lipinski definition) is 4. The maximum absolute atomic E-state index is 11.1. The Morgan fingerprint density at radius 3 is 2.06 bits per heavy atom. The van der Waals surface area contributed by atoms with E-state index in [-0.39, 0.29) is 12.8 Å². The summed E-state index contributed by atoms with van der Waals surface area (Å²) in [4.78, 5) is -0.519. The molecule has 0 radical (unpaired) electrons. The zero-order chi connectivity index (χ0) is 13.4. The molecule has 1 aliphatic rings. The number of rotatable bonds is 2. The second-order valence-corrected chi connectivity index (χ2v) is 5.74. The number of allylic oxidation sites excluding steroid dienone is 3. The molecule has 0 aliphatic heterocycles. The normalized spacial score (nSPS) is 18.6. The van der Waals surface area contributed by atoms with Crippen molar-refractivity contribution in [2.45, 2.75) is 39.1 Å². The average Bonchev–Trinajstić information content (AvgIpc) is 2.14. The highest BCUT2D eigenvalue weighted by Gasteiger charge is 2.36. The Kier molecular flexibility index (Phi) is 3.80. The van der Waals surface area contributed by atoms with Crippen LogP contribution in [0.3, 0.4) is 0 Å². The van der Waals surface area contributed by atoms with E-state index in [1.54, 1.807) is 13.8 Å². The lowest BCUT2D eigenvalue weighted by Gasteiger charge is -2.27. The molecular weight excluding hydrogens is 248 g/mol. The predicted octanol–water partition coefficient (Wildman–Crippen LogP) is 0.279. The zero-order valence-electron chi connectivity index (χ0n) is 9.63. The minimum Gasteiger partial charge on any atom is -0.340 e. The lowest BCUT2D eigenvalue weighted by molar-refractivity contribution is -0.283. The van der Waals surface area contributed by atoms with Crippen molar-refractivity contribution in [1.82, 2.24) is 0 Å². The Bertz CT molecular complexity index is 473. The van der Waals surface area contributed by atoms with Crippen LogP contribution in [0, 0.1) is 0 Å². The van der Waals surface area contributed by atoms with Gasteiger partial charge in [0, 0.05) is 5.57 Å². The summed E-state index contributed by atoms with van der Waals surface area (Å²) < 4.78 is 31.1. The fourth-order valence-corrected chi connectivity index (χ4v) is 2.71. The van der Waals surface area contributed by atoms with Crippen LogP contribution in [0.5, 0.6) is 0 Å². The molecule has 0 spiro atoms. The summed E-state index contributed by atoms with van der Waals surface area (Å²) in [5, 5.41) is 27.4. The van der Waals surface area contributed by atoms with Crippen molar-refractivity contribution < 1.29 is 28.3 Å². The highest BCUT2D eigenvalue weighted by Crippen LogP contribution is 2.36. The van der Waals surface area contributed by atoms with Gasteiger partial charge in [-0.2, -0.15) is 8.42 Å². The largest absolute Gasteiger partial charge is 0.340 e. The molecule has 0 aromatic rings. The fraction of sp³-hybridized carbons (Fsp3) is 0.600. The van der Waals surface area contributed by atoms with Gasteiger partial charge in [0.05, 0.1) is 4.91 Å².